The number of hydrogen-bond donors (Lipinski definition) is 0. The zero-order chi connectivity index (χ0) is 26.8. The maximum absolute atomic E-state index is 13.0. The van der Waals surface area contributed by atoms with E-state index in [0.717, 1.165) is 67.1 Å². The Labute approximate surface area is 243 Å². The van der Waals surface area contributed by atoms with E-state index in [2.05, 4.69) is 47.3 Å². The number of carbonyl (C=O) groups is 2. The number of imide groups is 1. The summed E-state index contributed by atoms with van der Waals surface area (Å²) in [6, 6.07) is 4.25. The summed E-state index contributed by atoms with van der Waals surface area (Å²) in [6.07, 6.45) is 9.14. The molecule has 0 saturated carbocycles. The van der Waals surface area contributed by atoms with E-state index in [1.54, 1.807) is 29.7 Å². The third-order valence-corrected chi connectivity index (χ3v) is 11.0. The molecule has 202 valence electrons. The summed E-state index contributed by atoms with van der Waals surface area (Å²) < 4.78 is 15.8. The number of hydrogen-bond acceptors (Lipinski definition) is 7. The first kappa shape index (κ1) is 27.6. The van der Waals surface area contributed by atoms with E-state index in [-0.39, 0.29) is 11.8 Å². The summed E-state index contributed by atoms with van der Waals surface area (Å²) in [5, 5.41) is 4.20. The number of ether oxygens (including phenoxy) is 2. The summed E-state index contributed by atoms with van der Waals surface area (Å²) in [4.78, 5) is 28.7. The molecule has 1 aromatic carbocycles. The number of thiophene rings is 3. The number of fused-ring (bicyclic) bond motifs is 3. The SMILES string of the molecule is CCCCCCOc1c2cc(-c3sc(Br)c4c3C(=O)N(C)C4=O)sc2c(OCCCCCC)c2ccsc12. The summed E-state index contributed by atoms with van der Waals surface area (Å²) in [5.41, 5.74) is 0.961. The van der Waals surface area contributed by atoms with Crippen LogP contribution in [-0.2, 0) is 0 Å². The number of halogens is 1. The zero-order valence-electron chi connectivity index (χ0n) is 22.0. The van der Waals surface area contributed by atoms with Crippen molar-refractivity contribution in [3.8, 4) is 21.3 Å². The lowest BCUT2D eigenvalue weighted by Gasteiger charge is -2.13. The molecule has 4 aromatic rings. The largest absolute Gasteiger partial charge is 0.491 e. The van der Waals surface area contributed by atoms with Gasteiger partial charge in [-0.1, -0.05) is 52.4 Å². The molecule has 5 rings (SSSR count). The lowest BCUT2D eigenvalue weighted by Crippen LogP contribution is -2.24. The Morgan fingerprint density at radius 2 is 1.45 bits per heavy atom. The molecule has 9 heteroatoms. The van der Waals surface area contributed by atoms with Gasteiger partial charge < -0.3 is 9.47 Å². The molecule has 2 amide bonds. The fraction of sp³-hybridized carbons (Fsp3) is 0.448. The highest BCUT2D eigenvalue weighted by Crippen LogP contribution is 2.53. The van der Waals surface area contributed by atoms with Gasteiger partial charge >= 0.3 is 0 Å². The van der Waals surface area contributed by atoms with Crippen molar-refractivity contribution in [3.63, 3.8) is 0 Å². The van der Waals surface area contributed by atoms with Crippen molar-refractivity contribution in [3.05, 3.63) is 32.4 Å². The maximum atomic E-state index is 13.0. The number of benzene rings is 1. The minimum atomic E-state index is -0.256. The van der Waals surface area contributed by atoms with Gasteiger partial charge in [-0.2, -0.15) is 0 Å². The molecule has 0 saturated heterocycles. The van der Waals surface area contributed by atoms with Crippen LogP contribution in [0.3, 0.4) is 0 Å². The van der Waals surface area contributed by atoms with Crippen LogP contribution in [0.25, 0.3) is 29.9 Å². The molecule has 1 aliphatic rings. The van der Waals surface area contributed by atoms with Crippen LogP contribution < -0.4 is 9.47 Å². The number of amides is 2. The highest BCUT2D eigenvalue weighted by atomic mass is 79.9. The number of nitrogens with zero attached hydrogens (tertiary/aromatic N) is 1. The van der Waals surface area contributed by atoms with Crippen molar-refractivity contribution >= 4 is 81.9 Å². The van der Waals surface area contributed by atoms with Gasteiger partial charge in [-0.05, 0) is 46.3 Å². The molecule has 0 bridgehead atoms. The van der Waals surface area contributed by atoms with Crippen molar-refractivity contribution in [2.24, 2.45) is 0 Å². The van der Waals surface area contributed by atoms with E-state index in [1.807, 2.05) is 0 Å². The molecule has 1 aliphatic heterocycles. The first-order valence-electron chi connectivity index (χ1n) is 13.3. The summed E-state index contributed by atoms with van der Waals surface area (Å²) in [7, 11) is 1.54. The smallest absolute Gasteiger partial charge is 0.263 e. The fourth-order valence-electron chi connectivity index (χ4n) is 4.84. The van der Waals surface area contributed by atoms with E-state index in [1.165, 1.54) is 41.9 Å². The molecular formula is C29H32BrNO4S3. The summed E-state index contributed by atoms with van der Waals surface area (Å²) in [5.74, 6) is 1.29. The molecule has 0 N–H and O–H groups in total. The standard InChI is InChI=1S/C29H32BrNO4S3/c1-4-6-8-10-13-34-22-17-12-15-36-24(17)23(35-14-11-9-7-5-2)18-16-19(37-25(18)22)26-20-21(27(30)38-26)29(33)31(3)28(20)32/h12,15-16H,4-11,13-14H2,1-3H3. The van der Waals surface area contributed by atoms with Crippen LogP contribution in [0.5, 0.6) is 11.5 Å². The minimum absolute atomic E-state index is 0.250. The van der Waals surface area contributed by atoms with E-state index in [0.29, 0.717) is 28.1 Å². The first-order valence-corrected chi connectivity index (χ1v) is 16.7. The van der Waals surface area contributed by atoms with E-state index >= 15 is 0 Å². The van der Waals surface area contributed by atoms with Gasteiger partial charge in [0, 0.05) is 22.7 Å². The molecule has 3 aromatic heterocycles. The van der Waals surface area contributed by atoms with Crippen molar-refractivity contribution in [1.29, 1.82) is 0 Å². The molecule has 5 nitrogen and oxygen atoms in total. The number of unbranched alkanes of at least 4 members (excludes halogenated alkanes) is 6. The number of carbonyl (C=O) groups excluding carboxylic acids is 2. The van der Waals surface area contributed by atoms with E-state index in [9.17, 15) is 9.59 Å². The van der Waals surface area contributed by atoms with Gasteiger partial charge in [-0.3, -0.25) is 14.5 Å². The second-order valence-corrected chi connectivity index (χ2v) is 13.9. The van der Waals surface area contributed by atoms with Gasteiger partial charge in [0.25, 0.3) is 11.8 Å². The van der Waals surface area contributed by atoms with Gasteiger partial charge in [-0.15, -0.1) is 34.0 Å². The normalized spacial score (nSPS) is 13.3. The van der Waals surface area contributed by atoms with Gasteiger partial charge in [0.15, 0.2) is 0 Å². The predicted molar refractivity (Wildman–Crippen MR) is 164 cm³/mol. The van der Waals surface area contributed by atoms with Crippen LogP contribution in [0.15, 0.2) is 21.3 Å². The molecule has 0 spiro atoms. The van der Waals surface area contributed by atoms with Crippen LogP contribution in [0.1, 0.15) is 85.9 Å². The minimum Gasteiger partial charge on any atom is -0.491 e. The second-order valence-electron chi connectivity index (χ2n) is 9.62. The quantitative estimate of drug-likeness (QED) is 0.109. The topological polar surface area (TPSA) is 55.8 Å². The van der Waals surface area contributed by atoms with Crippen molar-refractivity contribution in [1.82, 2.24) is 4.90 Å². The van der Waals surface area contributed by atoms with Crippen LogP contribution in [0.2, 0.25) is 0 Å². The molecule has 4 heterocycles. The molecule has 0 atom stereocenters. The highest BCUT2D eigenvalue weighted by molar-refractivity contribution is 9.11. The Kier molecular flexibility index (Phi) is 8.77. The lowest BCUT2D eigenvalue weighted by molar-refractivity contribution is 0.0693. The van der Waals surface area contributed by atoms with Crippen molar-refractivity contribution in [2.75, 3.05) is 20.3 Å². The monoisotopic (exact) mass is 633 g/mol. The molecule has 0 fully saturated rings. The average molecular weight is 635 g/mol. The van der Waals surface area contributed by atoms with Crippen LogP contribution in [0.4, 0.5) is 0 Å². The third-order valence-electron chi connectivity index (χ3n) is 6.91. The van der Waals surface area contributed by atoms with Gasteiger partial charge in [-0.25, -0.2) is 0 Å². The second kappa shape index (κ2) is 12.1. The Morgan fingerprint density at radius 1 is 0.816 bits per heavy atom. The highest BCUT2D eigenvalue weighted by Gasteiger charge is 2.40. The fourth-order valence-corrected chi connectivity index (χ4v) is 8.88. The first-order chi connectivity index (χ1) is 18.5. The van der Waals surface area contributed by atoms with Crippen molar-refractivity contribution in [2.45, 2.75) is 65.2 Å². The molecule has 0 aliphatic carbocycles. The Balaban J connectivity index is 1.60. The van der Waals surface area contributed by atoms with Gasteiger partial charge in [0.2, 0.25) is 0 Å². The lowest BCUT2D eigenvalue weighted by atomic mass is 10.1. The van der Waals surface area contributed by atoms with Crippen LogP contribution in [0, 0.1) is 0 Å². The van der Waals surface area contributed by atoms with E-state index in [4.69, 9.17) is 9.47 Å². The Bertz CT molecular complexity index is 1420. The molecule has 0 radical (unpaired) electrons. The van der Waals surface area contributed by atoms with Crippen LogP contribution in [-0.4, -0.2) is 37.0 Å². The summed E-state index contributed by atoms with van der Waals surface area (Å²) in [6.45, 7) is 5.76. The van der Waals surface area contributed by atoms with Crippen molar-refractivity contribution < 1.29 is 19.1 Å². The summed E-state index contributed by atoms with van der Waals surface area (Å²) >= 11 is 8.29. The van der Waals surface area contributed by atoms with E-state index < -0.39 is 0 Å². The third kappa shape index (κ3) is 5.03. The molecule has 0 unspecified atom stereocenters. The maximum Gasteiger partial charge on any atom is 0.263 e. The van der Waals surface area contributed by atoms with Crippen LogP contribution >= 0.6 is 49.9 Å². The van der Waals surface area contributed by atoms with Gasteiger partial charge in [0.1, 0.15) is 11.5 Å². The Hall–Kier alpha value is -1.94. The van der Waals surface area contributed by atoms with Gasteiger partial charge in [0.05, 0.1) is 42.4 Å². The zero-order valence-corrected chi connectivity index (χ0v) is 26.0. The predicted octanol–water partition coefficient (Wildman–Crippen LogP) is 9.75. The molecular weight excluding hydrogens is 602 g/mol. The molecule has 38 heavy (non-hydrogen) atoms. The Morgan fingerprint density at radius 3 is 2.11 bits per heavy atom. The number of rotatable bonds is 13. The average Bonchev–Trinajstić information content (AvgIpc) is 3.68.